The molecule has 0 spiro atoms. The zero-order valence-electron chi connectivity index (χ0n) is 11.6. The number of methoxy groups -OCH3 is 1. The molecule has 0 bridgehead atoms. The largest absolute Gasteiger partial charge is 0.466 e. The van der Waals surface area contributed by atoms with Gasteiger partial charge in [0.1, 0.15) is 0 Å². The van der Waals surface area contributed by atoms with Crippen molar-refractivity contribution >= 4 is 5.97 Å². The van der Waals surface area contributed by atoms with Gasteiger partial charge in [-0.3, -0.25) is 4.79 Å². The number of hydrogen-bond acceptors (Lipinski definition) is 4. The lowest BCUT2D eigenvalue weighted by atomic mass is 10.0. The summed E-state index contributed by atoms with van der Waals surface area (Å²) in [6.07, 6.45) is 3.01. The van der Waals surface area contributed by atoms with Gasteiger partial charge < -0.3 is 15.2 Å². The van der Waals surface area contributed by atoms with E-state index in [9.17, 15) is 4.79 Å². The molecule has 0 aromatic rings. The molecule has 17 heavy (non-hydrogen) atoms. The first-order valence-electron chi connectivity index (χ1n) is 6.32. The Morgan fingerprint density at radius 1 is 1.35 bits per heavy atom. The minimum absolute atomic E-state index is 0.124. The molecule has 1 atom stereocenters. The van der Waals surface area contributed by atoms with E-state index in [1.165, 1.54) is 0 Å². The number of hydrogen-bond donors (Lipinski definition) is 1. The van der Waals surface area contributed by atoms with Crippen LogP contribution in [-0.4, -0.2) is 31.8 Å². The van der Waals surface area contributed by atoms with Gasteiger partial charge in [0.25, 0.3) is 0 Å². The molecule has 0 aliphatic heterocycles. The van der Waals surface area contributed by atoms with E-state index in [0.717, 1.165) is 12.8 Å². The minimum atomic E-state index is -0.229. The van der Waals surface area contributed by atoms with Gasteiger partial charge in [-0.25, -0.2) is 0 Å². The molecule has 0 aromatic carbocycles. The molecular weight excluding hydrogens is 218 g/mol. The first-order valence-corrected chi connectivity index (χ1v) is 6.32. The Kier molecular flexibility index (Phi) is 8.17. The molecule has 0 amide bonds. The van der Waals surface area contributed by atoms with Gasteiger partial charge in [0.05, 0.1) is 12.2 Å². The second-order valence-corrected chi connectivity index (χ2v) is 5.16. The van der Waals surface area contributed by atoms with Crippen molar-refractivity contribution in [1.82, 2.24) is 0 Å². The van der Waals surface area contributed by atoms with E-state index >= 15 is 0 Å². The fourth-order valence-corrected chi connectivity index (χ4v) is 1.38. The third-order valence-corrected chi connectivity index (χ3v) is 3.02. The third-order valence-electron chi connectivity index (χ3n) is 3.02. The number of ether oxygens (including phenoxy) is 2. The number of esters is 1. The van der Waals surface area contributed by atoms with Crippen LogP contribution in [0.15, 0.2) is 0 Å². The van der Waals surface area contributed by atoms with E-state index in [1.807, 2.05) is 13.8 Å². The molecule has 4 heteroatoms. The molecule has 0 heterocycles. The monoisotopic (exact) mass is 245 g/mol. The smallest absolute Gasteiger partial charge is 0.305 e. The average molecular weight is 245 g/mol. The maximum Gasteiger partial charge on any atom is 0.305 e. The lowest BCUT2D eigenvalue weighted by Crippen LogP contribution is -2.25. The summed E-state index contributed by atoms with van der Waals surface area (Å²) in [5.41, 5.74) is 5.22. The molecule has 0 radical (unpaired) electrons. The Hall–Kier alpha value is -0.610. The lowest BCUT2D eigenvalue weighted by molar-refractivity contribution is -0.145. The summed E-state index contributed by atoms with van der Waals surface area (Å²) >= 11 is 0. The van der Waals surface area contributed by atoms with Crippen LogP contribution in [0.1, 0.15) is 46.5 Å². The van der Waals surface area contributed by atoms with Crippen molar-refractivity contribution in [2.24, 2.45) is 11.7 Å². The van der Waals surface area contributed by atoms with Crippen LogP contribution < -0.4 is 5.73 Å². The molecule has 102 valence electrons. The van der Waals surface area contributed by atoms with E-state index in [2.05, 4.69) is 6.92 Å². The Morgan fingerprint density at radius 3 is 2.53 bits per heavy atom. The van der Waals surface area contributed by atoms with Gasteiger partial charge in [-0.15, -0.1) is 0 Å². The van der Waals surface area contributed by atoms with Gasteiger partial charge in [0, 0.05) is 20.0 Å². The Balaban J connectivity index is 3.60. The highest BCUT2D eigenvalue weighted by molar-refractivity contribution is 5.69. The highest BCUT2D eigenvalue weighted by Crippen LogP contribution is 2.13. The topological polar surface area (TPSA) is 61.5 Å². The van der Waals surface area contributed by atoms with Crippen LogP contribution in [0.2, 0.25) is 0 Å². The fourth-order valence-electron chi connectivity index (χ4n) is 1.38. The van der Waals surface area contributed by atoms with Crippen LogP contribution in [0.25, 0.3) is 0 Å². The Morgan fingerprint density at radius 2 is 2.00 bits per heavy atom. The van der Waals surface area contributed by atoms with Gasteiger partial charge in [-0.2, -0.15) is 0 Å². The highest BCUT2D eigenvalue weighted by atomic mass is 16.5. The molecule has 0 aliphatic rings. The Bertz CT molecular complexity index is 217. The molecule has 4 nitrogen and oxygen atoms in total. The summed E-state index contributed by atoms with van der Waals surface area (Å²) < 4.78 is 10.4. The first-order chi connectivity index (χ1) is 7.91. The van der Waals surface area contributed by atoms with Crippen molar-refractivity contribution in [2.45, 2.75) is 52.1 Å². The van der Waals surface area contributed by atoms with Gasteiger partial charge >= 0.3 is 5.97 Å². The van der Waals surface area contributed by atoms with E-state index in [-0.39, 0.29) is 11.6 Å². The summed E-state index contributed by atoms with van der Waals surface area (Å²) in [6.45, 7) is 7.16. The predicted molar refractivity (Wildman–Crippen MR) is 68.7 cm³/mol. The summed E-state index contributed by atoms with van der Waals surface area (Å²) in [5, 5.41) is 0. The molecule has 0 rings (SSSR count). The van der Waals surface area contributed by atoms with Crippen molar-refractivity contribution in [3.8, 4) is 0 Å². The van der Waals surface area contributed by atoms with Gasteiger partial charge in [-0.1, -0.05) is 6.92 Å². The van der Waals surface area contributed by atoms with Crippen LogP contribution in [0.5, 0.6) is 0 Å². The molecule has 2 N–H and O–H groups in total. The summed E-state index contributed by atoms with van der Waals surface area (Å²) in [6, 6.07) is 0. The Labute approximate surface area is 105 Å². The standard InChI is InChI=1S/C13H27NO3/c1-11(7-9-14)5-6-12(15)17-10-8-13(2,3)16-4/h11H,5-10,14H2,1-4H3. The maximum atomic E-state index is 11.4. The van der Waals surface area contributed by atoms with Crippen molar-refractivity contribution in [3.05, 3.63) is 0 Å². The summed E-state index contributed by atoms with van der Waals surface area (Å²) in [4.78, 5) is 11.4. The van der Waals surface area contributed by atoms with Gasteiger partial charge in [-0.05, 0) is 39.2 Å². The molecule has 0 fully saturated rings. The SMILES string of the molecule is COC(C)(C)CCOC(=O)CCC(C)CCN. The average Bonchev–Trinajstić information content (AvgIpc) is 2.26. The summed E-state index contributed by atoms with van der Waals surface area (Å²) in [7, 11) is 1.66. The van der Waals surface area contributed by atoms with Crippen molar-refractivity contribution in [3.63, 3.8) is 0 Å². The van der Waals surface area contributed by atoms with Gasteiger partial charge in [0.2, 0.25) is 0 Å². The van der Waals surface area contributed by atoms with E-state index in [0.29, 0.717) is 31.9 Å². The molecule has 1 unspecified atom stereocenters. The molecule has 0 aromatic heterocycles. The van der Waals surface area contributed by atoms with E-state index in [4.69, 9.17) is 15.2 Å². The molecule has 0 saturated heterocycles. The summed E-state index contributed by atoms with van der Waals surface area (Å²) in [5.74, 6) is 0.365. The maximum absolute atomic E-state index is 11.4. The normalized spacial score (nSPS) is 13.5. The fraction of sp³-hybridized carbons (Fsp3) is 0.923. The highest BCUT2D eigenvalue weighted by Gasteiger charge is 2.17. The van der Waals surface area contributed by atoms with Crippen LogP contribution in [0.3, 0.4) is 0 Å². The van der Waals surface area contributed by atoms with Gasteiger partial charge in [0.15, 0.2) is 0 Å². The number of carbonyl (C=O) groups excluding carboxylic acids is 1. The number of carbonyl (C=O) groups is 1. The number of nitrogens with two attached hydrogens (primary N) is 1. The third kappa shape index (κ3) is 9.12. The molecular formula is C13H27NO3. The zero-order valence-corrected chi connectivity index (χ0v) is 11.6. The van der Waals surface area contributed by atoms with E-state index < -0.39 is 0 Å². The van der Waals surface area contributed by atoms with Crippen molar-refractivity contribution in [2.75, 3.05) is 20.3 Å². The lowest BCUT2D eigenvalue weighted by Gasteiger charge is -2.22. The van der Waals surface area contributed by atoms with Crippen molar-refractivity contribution in [1.29, 1.82) is 0 Å². The van der Waals surface area contributed by atoms with Crippen LogP contribution in [0.4, 0.5) is 0 Å². The van der Waals surface area contributed by atoms with Crippen LogP contribution in [-0.2, 0) is 14.3 Å². The minimum Gasteiger partial charge on any atom is -0.466 e. The first kappa shape index (κ1) is 16.4. The molecule has 0 aliphatic carbocycles. The second-order valence-electron chi connectivity index (χ2n) is 5.16. The quantitative estimate of drug-likeness (QED) is 0.632. The molecule has 0 saturated carbocycles. The van der Waals surface area contributed by atoms with Crippen molar-refractivity contribution < 1.29 is 14.3 Å². The van der Waals surface area contributed by atoms with Crippen LogP contribution in [0, 0.1) is 5.92 Å². The number of rotatable bonds is 9. The predicted octanol–water partition coefficient (Wildman–Crippen LogP) is 2.11. The van der Waals surface area contributed by atoms with E-state index in [1.54, 1.807) is 7.11 Å². The zero-order chi connectivity index (χ0) is 13.3. The van der Waals surface area contributed by atoms with Crippen LogP contribution >= 0.6 is 0 Å². The second kappa shape index (κ2) is 8.48.